The summed E-state index contributed by atoms with van der Waals surface area (Å²) in [6.45, 7) is 2.95. The van der Waals surface area contributed by atoms with Gasteiger partial charge in [-0.1, -0.05) is 30.3 Å². The fourth-order valence-electron chi connectivity index (χ4n) is 3.69. The van der Waals surface area contributed by atoms with Crippen LogP contribution in [0.25, 0.3) is 0 Å². The van der Waals surface area contributed by atoms with Gasteiger partial charge in [0.2, 0.25) is 0 Å². The number of hydrogen-bond donors (Lipinski definition) is 1. The number of carbonyl (C=O) groups excluding carboxylic acids is 1. The summed E-state index contributed by atoms with van der Waals surface area (Å²) in [6, 6.07) is 13.8. The maximum atomic E-state index is 12.9. The summed E-state index contributed by atoms with van der Waals surface area (Å²) in [5, 5.41) is 18.0. The summed E-state index contributed by atoms with van der Waals surface area (Å²) >= 11 is 0. The van der Waals surface area contributed by atoms with E-state index >= 15 is 0 Å². The third-order valence-corrected chi connectivity index (χ3v) is 5.09. The Labute approximate surface area is 163 Å². The molecule has 7 heteroatoms. The summed E-state index contributed by atoms with van der Waals surface area (Å²) in [7, 11) is 0. The number of benzene rings is 1. The van der Waals surface area contributed by atoms with Gasteiger partial charge < -0.3 is 14.6 Å². The van der Waals surface area contributed by atoms with Crippen molar-refractivity contribution in [2.45, 2.75) is 39.0 Å². The summed E-state index contributed by atoms with van der Waals surface area (Å²) < 4.78 is 2.16. The number of aromatic nitrogens is 4. The average molecular weight is 377 g/mol. The summed E-state index contributed by atoms with van der Waals surface area (Å²) in [5.74, 6) is 1.61. The van der Waals surface area contributed by atoms with Crippen LogP contribution in [0.15, 0.2) is 48.7 Å². The Balaban J connectivity index is 1.50. The number of hydrogen-bond acceptors (Lipinski definition) is 5. The molecule has 1 atom stereocenters. The Bertz CT molecular complexity index is 970. The summed E-state index contributed by atoms with van der Waals surface area (Å²) in [6.07, 6.45) is 3.28. The van der Waals surface area contributed by atoms with Crippen molar-refractivity contribution in [3.8, 4) is 0 Å². The largest absolute Gasteiger partial charge is 0.392 e. The summed E-state index contributed by atoms with van der Waals surface area (Å²) in [5.41, 5.74) is 2.29. The molecule has 1 aromatic carbocycles. The number of aliphatic hydroxyl groups is 1. The number of pyridine rings is 1. The third-order valence-electron chi connectivity index (χ3n) is 5.09. The quantitative estimate of drug-likeness (QED) is 0.737. The van der Waals surface area contributed by atoms with E-state index in [0.717, 1.165) is 24.5 Å². The molecular formula is C21H23N5O2. The van der Waals surface area contributed by atoms with Crippen LogP contribution < -0.4 is 0 Å². The molecule has 3 heterocycles. The van der Waals surface area contributed by atoms with Crippen molar-refractivity contribution in [3.63, 3.8) is 0 Å². The molecule has 3 aromatic rings. The lowest BCUT2D eigenvalue weighted by atomic mass is 10.1. The van der Waals surface area contributed by atoms with Gasteiger partial charge in [-0.15, -0.1) is 10.2 Å². The molecule has 1 aliphatic rings. The minimum absolute atomic E-state index is 0.0921. The zero-order valence-corrected chi connectivity index (χ0v) is 15.8. The van der Waals surface area contributed by atoms with Crippen molar-refractivity contribution in [2.75, 3.05) is 6.54 Å². The predicted molar refractivity (Wildman–Crippen MR) is 103 cm³/mol. The topological polar surface area (TPSA) is 84.1 Å². The van der Waals surface area contributed by atoms with Crippen LogP contribution in [0.2, 0.25) is 0 Å². The monoisotopic (exact) mass is 377 g/mol. The average Bonchev–Trinajstić information content (AvgIpc) is 3.16. The van der Waals surface area contributed by atoms with Crippen molar-refractivity contribution in [3.05, 3.63) is 77.1 Å². The smallest absolute Gasteiger partial charge is 0.272 e. The highest BCUT2D eigenvalue weighted by Crippen LogP contribution is 2.23. The second-order valence-corrected chi connectivity index (χ2v) is 7.13. The van der Waals surface area contributed by atoms with E-state index in [0.29, 0.717) is 24.3 Å². The Morgan fingerprint density at radius 1 is 1.14 bits per heavy atom. The zero-order chi connectivity index (χ0) is 19.5. The fourth-order valence-corrected chi connectivity index (χ4v) is 3.69. The molecule has 0 bridgehead atoms. The Kier molecular flexibility index (Phi) is 5.16. The lowest BCUT2D eigenvalue weighted by molar-refractivity contribution is 0.0673. The second-order valence-electron chi connectivity index (χ2n) is 7.13. The molecule has 144 valence electrons. The molecule has 28 heavy (non-hydrogen) atoms. The van der Waals surface area contributed by atoms with Gasteiger partial charge in [0.25, 0.3) is 5.91 Å². The Morgan fingerprint density at radius 3 is 2.75 bits per heavy atom. The van der Waals surface area contributed by atoms with Gasteiger partial charge >= 0.3 is 0 Å². The van der Waals surface area contributed by atoms with Crippen molar-refractivity contribution in [1.82, 2.24) is 24.6 Å². The molecule has 2 aromatic heterocycles. The number of aliphatic hydroxyl groups excluding tert-OH is 1. The van der Waals surface area contributed by atoms with Crippen LogP contribution in [0.3, 0.4) is 0 Å². The molecule has 0 radical (unpaired) electrons. The number of fused-ring (bicyclic) bond motifs is 1. The van der Waals surface area contributed by atoms with Crippen molar-refractivity contribution < 1.29 is 9.90 Å². The molecule has 0 spiro atoms. The van der Waals surface area contributed by atoms with Crippen LogP contribution in [0.4, 0.5) is 0 Å². The first-order valence-corrected chi connectivity index (χ1v) is 9.47. The van der Waals surface area contributed by atoms with Crippen molar-refractivity contribution in [2.24, 2.45) is 0 Å². The van der Waals surface area contributed by atoms with Crippen LogP contribution in [-0.4, -0.2) is 42.2 Å². The van der Waals surface area contributed by atoms with Crippen LogP contribution in [0.5, 0.6) is 0 Å². The molecule has 1 N–H and O–H groups in total. The van der Waals surface area contributed by atoms with Crippen molar-refractivity contribution >= 4 is 5.91 Å². The highest BCUT2D eigenvalue weighted by Gasteiger charge is 2.30. The molecule has 0 saturated carbocycles. The van der Waals surface area contributed by atoms with Crippen LogP contribution in [-0.2, 0) is 26.0 Å². The van der Waals surface area contributed by atoms with E-state index < -0.39 is 0 Å². The normalized spacial score (nSPS) is 16.1. The van der Waals surface area contributed by atoms with Gasteiger partial charge in [0.1, 0.15) is 11.5 Å². The molecule has 1 aliphatic heterocycles. The van der Waals surface area contributed by atoms with E-state index in [1.807, 2.05) is 18.2 Å². The molecule has 0 saturated heterocycles. The van der Waals surface area contributed by atoms with E-state index in [1.54, 1.807) is 23.2 Å². The predicted octanol–water partition coefficient (Wildman–Crippen LogP) is 2.17. The standard InChI is InChI=1S/C21H23N5O2/c1-15-12-25(21(28)18-11-17(14-27)9-10-22-18)13-20-24-23-19(26(15)20)8-7-16-5-3-2-4-6-16/h2-6,9-11,15,27H,7-8,12-14H2,1H3/t15-/m0/s1. The number of rotatable bonds is 5. The van der Waals surface area contributed by atoms with Gasteiger partial charge in [0.05, 0.1) is 19.2 Å². The van der Waals surface area contributed by atoms with Gasteiger partial charge in [0.15, 0.2) is 5.82 Å². The Morgan fingerprint density at radius 2 is 1.96 bits per heavy atom. The number of aryl methyl sites for hydroxylation is 2. The minimum atomic E-state index is -0.151. The van der Waals surface area contributed by atoms with Gasteiger partial charge in [-0.3, -0.25) is 9.78 Å². The van der Waals surface area contributed by atoms with Crippen molar-refractivity contribution in [1.29, 1.82) is 0 Å². The van der Waals surface area contributed by atoms with Gasteiger partial charge in [-0.05, 0) is 36.6 Å². The second kappa shape index (κ2) is 7.90. The van der Waals surface area contributed by atoms with E-state index in [-0.39, 0.29) is 18.6 Å². The SMILES string of the molecule is C[C@H]1CN(C(=O)c2cc(CO)ccn2)Cc2nnc(CCc3ccccc3)n21. The molecule has 0 unspecified atom stereocenters. The van der Waals surface area contributed by atoms with Crippen LogP contribution in [0.1, 0.15) is 46.2 Å². The maximum absolute atomic E-state index is 12.9. The molecule has 0 aliphatic carbocycles. The van der Waals surface area contributed by atoms with E-state index in [9.17, 15) is 9.90 Å². The first-order valence-electron chi connectivity index (χ1n) is 9.47. The lowest BCUT2D eigenvalue weighted by Gasteiger charge is -2.32. The highest BCUT2D eigenvalue weighted by molar-refractivity contribution is 5.92. The van der Waals surface area contributed by atoms with Crippen LogP contribution >= 0.6 is 0 Å². The van der Waals surface area contributed by atoms with Gasteiger partial charge in [-0.2, -0.15) is 0 Å². The lowest BCUT2D eigenvalue weighted by Crippen LogP contribution is -2.41. The number of nitrogens with zero attached hydrogens (tertiary/aromatic N) is 5. The zero-order valence-electron chi connectivity index (χ0n) is 15.8. The summed E-state index contributed by atoms with van der Waals surface area (Å²) in [4.78, 5) is 18.8. The van der Waals surface area contributed by atoms with E-state index in [1.165, 1.54) is 5.56 Å². The first-order chi connectivity index (χ1) is 13.7. The molecule has 4 rings (SSSR count). The molecular weight excluding hydrogens is 354 g/mol. The minimum Gasteiger partial charge on any atom is -0.392 e. The van der Waals surface area contributed by atoms with Crippen LogP contribution in [0, 0.1) is 0 Å². The number of carbonyl (C=O) groups is 1. The highest BCUT2D eigenvalue weighted by atomic mass is 16.3. The fraction of sp³-hybridized carbons (Fsp3) is 0.333. The van der Waals surface area contributed by atoms with Gasteiger partial charge in [-0.25, -0.2) is 0 Å². The molecule has 0 fully saturated rings. The van der Waals surface area contributed by atoms with E-state index in [4.69, 9.17) is 0 Å². The molecule has 7 nitrogen and oxygen atoms in total. The Hall–Kier alpha value is -3.06. The van der Waals surface area contributed by atoms with Gasteiger partial charge in [0, 0.05) is 19.2 Å². The number of amides is 1. The van der Waals surface area contributed by atoms with E-state index in [2.05, 4.69) is 38.8 Å². The maximum Gasteiger partial charge on any atom is 0.272 e. The third kappa shape index (κ3) is 3.66. The first kappa shape index (κ1) is 18.3. The molecule has 1 amide bonds.